The first-order valence-corrected chi connectivity index (χ1v) is 4.61. The first-order chi connectivity index (χ1) is 6.27. The summed E-state index contributed by atoms with van der Waals surface area (Å²) in [6.07, 6.45) is 0.621. The number of benzene rings is 1. The van der Waals surface area contributed by atoms with Gasteiger partial charge >= 0.3 is 0 Å². The van der Waals surface area contributed by atoms with Gasteiger partial charge in [-0.15, -0.1) is 0 Å². The fourth-order valence-corrected chi connectivity index (χ4v) is 1.70. The lowest BCUT2D eigenvalue weighted by molar-refractivity contribution is 0.0985. The number of hydrogen-bond donors (Lipinski definition) is 1. The molecular weight excluding hydrogens is 162 g/mol. The van der Waals surface area contributed by atoms with Crippen LogP contribution in [0, 0.1) is 6.92 Å². The van der Waals surface area contributed by atoms with Crippen molar-refractivity contribution < 1.29 is 4.79 Å². The molecule has 0 saturated carbocycles. The van der Waals surface area contributed by atoms with E-state index in [0.29, 0.717) is 6.42 Å². The molecule has 0 fully saturated rings. The Morgan fingerprint density at radius 2 is 2.23 bits per heavy atom. The normalized spacial score (nSPS) is 16.5. The number of hydrogen-bond acceptors (Lipinski definition) is 2. The molecule has 13 heavy (non-hydrogen) atoms. The minimum atomic E-state index is 0.264. The van der Waals surface area contributed by atoms with Crippen LogP contribution in [-0.4, -0.2) is 12.3 Å². The van der Waals surface area contributed by atoms with Gasteiger partial charge in [0.15, 0.2) is 5.78 Å². The number of rotatable bonds is 0. The maximum absolute atomic E-state index is 11.6. The molecular formula is C11H13NO. The molecule has 0 unspecified atom stereocenters. The van der Waals surface area contributed by atoms with Crippen molar-refractivity contribution in [2.24, 2.45) is 0 Å². The summed E-state index contributed by atoms with van der Waals surface area (Å²) < 4.78 is 0. The van der Waals surface area contributed by atoms with Crippen LogP contribution < -0.4 is 5.32 Å². The molecule has 0 aromatic heterocycles. The lowest BCUT2D eigenvalue weighted by Gasteiger charge is -2.04. The molecule has 1 aliphatic heterocycles. The average molecular weight is 175 g/mol. The second kappa shape index (κ2) is 3.30. The van der Waals surface area contributed by atoms with E-state index in [1.807, 2.05) is 12.1 Å². The zero-order valence-electron chi connectivity index (χ0n) is 7.76. The van der Waals surface area contributed by atoms with Crippen LogP contribution in [0.25, 0.3) is 0 Å². The predicted molar refractivity (Wildman–Crippen MR) is 51.8 cm³/mol. The van der Waals surface area contributed by atoms with Crippen molar-refractivity contribution in [3.05, 3.63) is 34.9 Å². The van der Waals surface area contributed by atoms with Crippen LogP contribution in [-0.2, 0) is 6.54 Å². The molecule has 1 heterocycles. The lowest BCUT2D eigenvalue weighted by atomic mass is 10.0. The van der Waals surface area contributed by atoms with E-state index in [9.17, 15) is 4.79 Å². The minimum absolute atomic E-state index is 0.264. The fourth-order valence-electron chi connectivity index (χ4n) is 1.70. The van der Waals surface area contributed by atoms with Gasteiger partial charge in [0.2, 0.25) is 0 Å². The van der Waals surface area contributed by atoms with Crippen LogP contribution in [0.5, 0.6) is 0 Å². The third kappa shape index (κ3) is 1.63. The highest BCUT2D eigenvalue weighted by molar-refractivity contribution is 5.97. The molecule has 68 valence electrons. The highest BCUT2D eigenvalue weighted by Crippen LogP contribution is 2.15. The van der Waals surface area contributed by atoms with Crippen LogP contribution in [0.4, 0.5) is 0 Å². The van der Waals surface area contributed by atoms with Crippen molar-refractivity contribution >= 4 is 5.78 Å². The Labute approximate surface area is 78.0 Å². The van der Waals surface area contributed by atoms with E-state index in [1.54, 1.807) is 0 Å². The van der Waals surface area contributed by atoms with Gasteiger partial charge in [-0.1, -0.05) is 23.8 Å². The topological polar surface area (TPSA) is 29.1 Å². The minimum Gasteiger partial charge on any atom is -0.312 e. The van der Waals surface area contributed by atoms with Gasteiger partial charge in [0.25, 0.3) is 0 Å². The van der Waals surface area contributed by atoms with E-state index >= 15 is 0 Å². The van der Waals surface area contributed by atoms with E-state index in [4.69, 9.17) is 0 Å². The molecule has 2 rings (SSSR count). The zero-order chi connectivity index (χ0) is 9.26. The van der Waals surface area contributed by atoms with Gasteiger partial charge in [-0.2, -0.15) is 0 Å². The molecule has 1 N–H and O–H groups in total. The van der Waals surface area contributed by atoms with Crippen LogP contribution in [0.15, 0.2) is 18.2 Å². The Balaban J connectivity index is 2.48. The van der Waals surface area contributed by atoms with Gasteiger partial charge in [0.05, 0.1) is 0 Å². The summed E-state index contributed by atoms with van der Waals surface area (Å²) in [5.74, 6) is 0.264. The molecule has 1 aromatic rings. The lowest BCUT2D eigenvalue weighted by Crippen LogP contribution is -2.12. The van der Waals surface area contributed by atoms with Crippen molar-refractivity contribution in [1.29, 1.82) is 0 Å². The number of nitrogens with one attached hydrogen (secondary N) is 1. The van der Waals surface area contributed by atoms with Crippen LogP contribution in [0.3, 0.4) is 0 Å². The first kappa shape index (κ1) is 8.45. The van der Waals surface area contributed by atoms with Crippen molar-refractivity contribution in [2.75, 3.05) is 6.54 Å². The van der Waals surface area contributed by atoms with Gasteiger partial charge in [-0.25, -0.2) is 0 Å². The molecule has 1 aromatic carbocycles. The summed E-state index contributed by atoms with van der Waals surface area (Å²) in [5, 5.41) is 3.24. The van der Waals surface area contributed by atoms with Gasteiger partial charge in [0.1, 0.15) is 0 Å². The van der Waals surface area contributed by atoms with E-state index < -0.39 is 0 Å². The largest absolute Gasteiger partial charge is 0.312 e. The van der Waals surface area contributed by atoms with Crippen LogP contribution >= 0.6 is 0 Å². The average Bonchev–Trinajstić information content (AvgIpc) is 2.28. The van der Waals surface area contributed by atoms with E-state index in [1.165, 1.54) is 5.56 Å². The number of carbonyl (C=O) groups excluding carboxylic acids is 1. The second-order valence-corrected chi connectivity index (χ2v) is 3.51. The highest BCUT2D eigenvalue weighted by Gasteiger charge is 2.14. The monoisotopic (exact) mass is 175 g/mol. The predicted octanol–water partition coefficient (Wildman–Crippen LogP) is 1.67. The summed E-state index contributed by atoms with van der Waals surface area (Å²) in [7, 11) is 0. The Bertz CT molecular complexity index is 344. The van der Waals surface area contributed by atoms with Crippen LogP contribution in [0.1, 0.15) is 27.9 Å². The molecule has 0 saturated heterocycles. The number of aryl methyl sites for hydroxylation is 1. The third-order valence-corrected chi connectivity index (χ3v) is 2.41. The highest BCUT2D eigenvalue weighted by atomic mass is 16.1. The van der Waals surface area contributed by atoms with Gasteiger partial charge in [-0.3, -0.25) is 4.79 Å². The summed E-state index contributed by atoms with van der Waals surface area (Å²) in [6, 6.07) is 6.04. The van der Waals surface area contributed by atoms with E-state index in [0.717, 1.165) is 24.2 Å². The quantitative estimate of drug-likeness (QED) is 0.650. The number of fused-ring (bicyclic) bond motifs is 1. The van der Waals surface area contributed by atoms with Crippen molar-refractivity contribution in [2.45, 2.75) is 19.9 Å². The summed E-state index contributed by atoms with van der Waals surface area (Å²) in [4.78, 5) is 11.6. The van der Waals surface area contributed by atoms with E-state index in [-0.39, 0.29) is 5.78 Å². The van der Waals surface area contributed by atoms with Crippen molar-refractivity contribution in [3.63, 3.8) is 0 Å². The fraction of sp³-hybridized carbons (Fsp3) is 0.364. The second-order valence-electron chi connectivity index (χ2n) is 3.51. The SMILES string of the molecule is Cc1ccc2c(c1)CNCCC2=O. The summed E-state index contributed by atoms with van der Waals surface area (Å²) >= 11 is 0. The van der Waals surface area contributed by atoms with Gasteiger partial charge in [-0.05, 0) is 12.5 Å². The molecule has 2 heteroatoms. The van der Waals surface area contributed by atoms with Gasteiger partial charge in [0, 0.05) is 25.1 Å². The Morgan fingerprint density at radius 3 is 3.08 bits per heavy atom. The zero-order valence-corrected chi connectivity index (χ0v) is 7.76. The molecule has 1 aliphatic rings. The van der Waals surface area contributed by atoms with Crippen LogP contribution in [0.2, 0.25) is 0 Å². The maximum Gasteiger partial charge on any atom is 0.164 e. The molecule has 2 nitrogen and oxygen atoms in total. The Hall–Kier alpha value is -1.15. The standard InChI is InChI=1S/C11H13NO/c1-8-2-3-10-9(6-8)7-12-5-4-11(10)13/h2-3,6,12H,4-5,7H2,1H3. The smallest absolute Gasteiger partial charge is 0.164 e. The maximum atomic E-state index is 11.6. The molecule has 0 aliphatic carbocycles. The molecule has 0 atom stereocenters. The third-order valence-electron chi connectivity index (χ3n) is 2.41. The summed E-state index contributed by atoms with van der Waals surface area (Å²) in [6.45, 7) is 3.67. The Morgan fingerprint density at radius 1 is 1.38 bits per heavy atom. The Kier molecular flexibility index (Phi) is 2.15. The van der Waals surface area contributed by atoms with Crippen molar-refractivity contribution in [3.8, 4) is 0 Å². The number of Topliss-reactive ketones (excluding diaryl/α,β-unsaturated/α-hetero) is 1. The number of ketones is 1. The van der Waals surface area contributed by atoms with E-state index in [2.05, 4.69) is 18.3 Å². The molecule has 0 radical (unpaired) electrons. The summed E-state index contributed by atoms with van der Waals surface area (Å²) in [5.41, 5.74) is 3.26. The molecule has 0 bridgehead atoms. The molecule has 0 spiro atoms. The van der Waals surface area contributed by atoms with Crippen molar-refractivity contribution in [1.82, 2.24) is 5.32 Å². The van der Waals surface area contributed by atoms with Gasteiger partial charge < -0.3 is 5.32 Å². The first-order valence-electron chi connectivity index (χ1n) is 4.61. The number of carbonyl (C=O) groups is 1. The molecule has 0 amide bonds.